The summed E-state index contributed by atoms with van der Waals surface area (Å²) in [5.74, 6) is 5.45. The van der Waals surface area contributed by atoms with Crippen LogP contribution in [0.1, 0.15) is 25.7 Å². The van der Waals surface area contributed by atoms with E-state index in [1.807, 2.05) is 0 Å². The zero-order valence-electron chi connectivity index (χ0n) is 13.7. The molecule has 2 spiro atoms. The van der Waals surface area contributed by atoms with Gasteiger partial charge in [0.05, 0.1) is 10.8 Å². The van der Waals surface area contributed by atoms with Crippen LogP contribution in [0.4, 0.5) is 0 Å². The van der Waals surface area contributed by atoms with E-state index in [1.54, 1.807) is 0 Å². The minimum Gasteiger partial charge on any atom is -0.392 e. The molecule has 0 unspecified atom stereocenters. The van der Waals surface area contributed by atoms with Crippen molar-refractivity contribution in [1.29, 1.82) is 0 Å². The third kappa shape index (κ3) is 0.954. The molecule has 9 rings (SSSR count). The van der Waals surface area contributed by atoms with Gasteiger partial charge in [-0.1, -0.05) is 31.9 Å². The maximum Gasteiger partial charge on any atom is 0.321 e. The lowest BCUT2D eigenvalue weighted by molar-refractivity contribution is -0.163. The third-order valence-electron chi connectivity index (χ3n) is 10.9. The number of alkyl halides is 2. The van der Waals surface area contributed by atoms with Gasteiger partial charge >= 0.3 is 11.9 Å². The van der Waals surface area contributed by atoms with Crippen molar-refractivity contribution in [3.8, 4) is 0 Å². The Hall–Kier alpha value is 0.1000. The Kier molecular flexibility index (Phi) is 2.08. The molecule has 9 fully saturated rings. The molecule has 1 saturated heterocycles. The second-order valence-corrected chi connectivity index (χ2v) is 12.7. The minimum atomic E-state index is -0.412. The maximum atomic E-state index is 13.4. The summed E-state index contributed by atoms with van der Waals surface area (Å²) in [5.41, 5.74) is -0.824. The maximum absolute atomic E-state index is 13.4. The van der Waals surface area contributed by atoms with Gasteiger partial charge in [0.2, 0.25) is 0 Å². The van der Waals surface area contributed by atoms with E-state index in [-0.39, 0.29) is 11.9 Å². The van der Waals surface area contributed by atoms with Gasteiger partial charge in [-0.3, -0.25) is 9.59 Å². The topological polar surface area (TPSA) is 43.4 Å². The van der Waals surface area contributed by atoms with Gasteiger partial charge < -0.3 is 4.74 Å². The van der Waals surface area contributed by atoms with E-state index in [1.165, 1.54) is 25.7 Å². The number of esters is 2. The van der Waals surface area contributed by atoms with Gasteiger partial charge in [-0.05, 0) is 84.9 Å². The van der Waals surface area contributed by atoms with Crippen molar-refractivity contribution < 1.29 is 14.3 Å². The highest BCUT2D eigenvalue weighted by Crippen LogP contribution is 2.99. The molecule has 0 N–H and O–H groups in total. The number of hydrogen-bond donors (Lipinski definition) is 0. The van der Waals surface area contributed by atoms with Gasteiger partial charge in [0.1, 0.15) is 0 Å². The van der Waals surface area contributed by atoms with E-state index < -0.39 is 10.8 Å². The first-order valence-electron chi connectivity index (χ1n) is 10.1. The molecule has 0 radical (unpaired) electrons. The quantitative estimate of drug-likeness (QED) is 0.311. The Balaban J connectivity index is 1.45. The van der Waals surface area contributed by atoms with Crippen LogP contribution in [-0.2, 0) is 14.3 Å². The standard InChI is InChI=1S/C20H20Br2O3/c21-7-3-1-5-9(7)15-11-12-14-6-2-4-8(22)10(6)16(12)19(13(5)11)17(23)25-18(24)20(14,15)19/h5-16H,1-4H2/t5-,6+,7-,8-,9+,10-,11-,12+,13-,14+,15-,16+,19+,20+/m1/s1. The molecular formula is C20H20Br2O3. The van der Waals surface area contributed by atoms with Gasteiger partial charge in [-0.25, -0.2) is 0 Å². The summed E-state index contributed by atoms with van der Waals surface area (Å²) in [6, 6.07) is 0. The molecule has 0 aromatic heterocycles. The monoisotopic (exact) mass is 466 g/mol. The van der Waals surface area contributed by atoms with Gasteiger partial charge in [-0.2, -0.15) is 0 Å². The number of ether oxygens (including phenoxy) is 1. The van der Waals surface area contributed by atoms with Crippen LogP contribution in [0, 0.1) is 70.0 Å². The van der Waals surface area contributed by atoms with Crippen molar-refractivity contribution in [1.82, 2.24) is 0 Å². The first-order valence-corrected chi connectivity index (χ1v) is 12.0. The summed E-state index contributed by atoms with van der Waals surface area (Å²) in [5, 5.41) is 0. The number of carbonyl (C=O) groups excluding carboxylic acids is 2. The molecule has 14 atom stereocenters. The molecule has 8 bridgehead atoms. The van der Waals surface area contributed by atoms with Crippen molar-refractivity contribution in [2.24, 2.45) is 70.0 Å². The Morgan fingerprint density at radius 3 is 1.56 bits per heavy atom. The lowest BCUT2D eigenvalue weighted by Crippen LogP contribution is -2.61. The van der Waals surface area contributed by atoms with Crippen LogP contribution in [0.5, 0.6) is 0 Å². The summed E-state index contributed by atoms with van der Waals surface area (Å²) in [6.07, 6.45) is 4.93. The molecule has 3 nitrogen and oxygen atoms in total. The molecule has 0 aromatic carbocycles. The molecule has 8 saturated carbocycles. The van der Waals surface area contributed by atoms with E-state index in [2.05, 4.69) is 31.9 Å². The smallest absolute Gasteiger partial charge is 0.321 e. The van der Waals surface area contributed by atoms with Crippen LogP contribution < -0.4 is 0 Å². The zero-order chi connectivity index (χ0) is 16.6. The Morgan fingerprint density at radius 2 is 1.12 bits per heavy atom. The van der Waals surface area contributed by atoms with E-state index in [0.29, 0.717) is 68.8 Å². The number of cyclic esters (lactones) is 2. The lowest BCUT2D eigenvalue weighted by Gasteiger charge is -2.54. The fraction of sp³-hybridized carbons (Fsp3) is 0.900. The fourth-order valence-corrected chi connectivity index (χ4v) is 13.5. The number of halogens is 2. The van der Waals surface area contributed by atoms with Gasteiger partial charge in [0, 0.05) is 9.65 Å². The highest BCUT2D eigenvalue weighted by molar-refractivity contribution is 9.09. The zero-order valence-corrected chi connectivity index (χ0v) is 16.9. The lowest BCUT2D eigenvalue weighted by atomic mass is 9.45. The molecule has 0 amide bonds. The largest absolute Gasteiger partial charge is 0.392 e. The third-order valence-corrected chi connectivity index (χ3v) is 13.0. The van der Waals surface area contributed by atoms with Crippen LogP contribution in [0.15, 0.2) is 0 Å². The predicted octanol–water partition coefficient (Wildman–Crippen LogP) is 3.39. The van der Waals surface area contributed by atoms with Crippen LogP contribution >= 0.6 is 31.9 Å². The average molecular weight is 468 g/mol. The molecule has 8 aliphatic carbocycles. The van der Waals surface area contributed by atoms with Crippen LogP contribution in [0.2, 0.25) is 0 Å². The molecule has 0 aromatic rings. The summed E-state index contributed by atoms with van der Waals surface area (Å²) < 4.78 is 5.54. The Morgan fingerprint density at radius 1 is 0.680 bits per heavy atom. The second-order valence-electron chi connectivity index (χ2n) is 10.3. The molecule has 132 valence electrons. The van der Waals surface area contributed by atoms with E-state index in [4.69, 9.17) is 4.74 Å². The number of hydrogen-bond acceptors (Lipinski definition) is 3. The van der Waals surface area contributed by atoms with Crippen molar-refractivity contribution in [3.63, 3.8) is 0 Å². The predicted molar refractivity (Wildman–Crippen MR) is 94.8 cm³/mol. The van der Waals surface area contributed by atoms with Crippen molar-refractivity contribution in [2.75, 3.05) is 0 Å². The average Bonchev–Trinajstić information content (AvgIpc) is 3.35. The number of rotatable bonds is 0. The van der Waals surface area contributed by atoms with Crippen molar-refractivity contribution in [2.45, 2.75) is 35.3 Å². The highest BCUT2D eigenvalue weighted by Gasteiger charge is 3.03. The summed E-state index contributed by atoms with van der Waals surface area (Å²) in [6.45, 7) is 0. The first kappa shape index (κ1) is 14.1. The van der Waals surface area contributed by atoms with E-state index in [9.17, 15) is 9.59 Å². The molecule has 5 heteroatoms. The summed E-state index contributed by atoms with van der Waals surface area (Å²) in [4.78, 5) is 27.8. The molecule has 9 aliphatic rings. The van der Waals surface area contributed by atoms with Gasteiger partial charge in [0.25, 0.3) is 0 Å². The van der Waals surface area contributed by atoms with Crippen LogP contribution in [-0.4, -0.2) is 21.6 Å². The summed E-state index contributed by atoms with van der Waals surface area (Å²) >= 11 is 7.93. The molecule has 1 heterocycles. The number of fused-ring (bicyclic) bond motifs is 2. The van der Waals surface area contributed by atoms with Crippen LogP contribution in [0.25, 0.3) is 0 Å². The molecule has 25 heavy (non-hydrogen) atoms. The normalized spacial score (nSPS) is 75.0. The highest BCUT2D eigenvalue weighted by atomic mass is 79.9. The van der Waals surface area contributed by atoms with Gasteiger partial charge in [-0.15, -0.1) is 0 Å². The Bertz CT molecular complexity index is 734. The molecular weight excluding hydrogens is 448 g/mol. The Labute approximate surface area is 163 Å². The minimum absolute atomic E-state index is 0.0912. The van der Waals surface area contributed by atoms with Gasteiger partial charge in [0.15, 0.2) is 0 Å². The SMILES string of the molecule is O=C1OC(=O)[C@@]23[C@@H]4[C@H]5[C@@H](CC[C@H]5Br)[C@@H]5[C@H]4[C@@H]4[C@H]([C@@H]6[C@H](CC[C@H]6Br)[C@@H]42)[C@]153. The van der Waals surface area contributed by atoms with Crippen molar-refractivity contribution >= 4 is 43.8 Å². The second kappa shape index (κ2) is 3.68. The molecule has 1 aliphatic heterocycles. The van der Waals surface area contributed by atoms with E-state index >= 15 is 0 Å². The van der Waals surface area contributed by atoms with E-state index in [0.717, 1.165) is 0 Å². The fourth-order valence-electron chi connectivity index (χ4n) is 11.5. The summed E-state index contributed by atoms with van der Waals surface area (Å²) in [7, 11) is 0. The van der Waals surface area contributed by atoms with Crippen molar-refractivity contribution in [3.05, 3.63) is 0 Å². The first-order chi connectivity index (χ1) is 12.1. The van der Waals surface area contributed by atoms with Crippen LogP contribution in [0.3, 0.4) is 0 Å². The number of carbonyl (C=O) groups is 2.